The van der Waals surface area contributed by atoms with Crippen molar-refractivity contribution in [1.29, 1.82) is 0 Å². The lowest BCUT2D eigenvalue weighted by Crippen LogP contribution is -2.35. The van der Waals surface area contributed by atoms with E-state index in [2.05, 4.69) is 16.0 Å². The molecule has 6 nitrogen and oxygen atoms in total. The summed E-state index contributed by atoms with van der Waals surface area (Å²) in [6.45, 7) is 3.11. The van der Waals surface area contributed by atoms with Gasteiger partial charge in [0.25, 0.3) is 0 Å². The van der Waals surface area contributed by atoms with Crippen LogP contribution in [-0.4, -0.2) is 29.2 Å². The average Bonchev–Trinajstić information content (AvgIpc) is 3.19. The maximum absolute atomic E-state index is 12.8. The van der Waals surface area contributed by atoms with Crippen LogP contribution in [0.15, 0.2) is 48.5 Å². The summed E-state index contributed by atoms with van der Waals surface area (Å²) in [6.07, 6.45) is 5.50. The van der Waals surface area contributed by atoms with E-state index in [1.165, 1.54) is 6.42 Å². The van der Waals surface area contributed by atoms with Gasteiger partial charge in [0.05, 0.1) is 30.7 Å². The molecule has 1 aromatic heterocycles. The normalized spacial score (nSPS) is 15.5. The standard InChI is InChI=1S/C25H31N3O3/c1-18(26-25(29)19-10-4-3-5-11-19)24-27-20-12-6-7-13-21(20)28(24)16-17-31-23-15-9-8-14-22(23)30-2/h6-9,12-15,18-19H,3-5,10-11,16-17H2,1-2H3,(H,26,29). The summed E-state index contributed by atoms with van der Waals surface area (Å²) >= 11 is 0. The van der Waals surface area contributed by atoms with Gasteiger partial charge < -0.3 is 19.4 Å². The van der Waals surface area contributed by atoms with Crippen molar-refractivity contribution in [2.75, 3.05) is 13.7 Å². The van der Waals surface area contributed by atoms with Crippen LogP contribution in [-0.2, 0) is 11.3 Å². The van der Waals surface area contributed by atoms with Crippen LogP contribution in [0.2, 0.25) is 0 Å². The van der Waals surface area contributed by atoms with E-state index in [-0.39, 0.29) is 17.9 Å². The highest BCUT2D eigenvalue weighted by molar-refractivity contribution is 5.80. The van der Waals surface area contributed by atoms with Crippen molar-refractivity contribution in [3.8, 4) is 11.5 Å². The van der Waals surface area contributed by atoms with Crippen LogP contribution >= 0.6 is 0 Å². The summed E-state index contributed by atoms with van der Waals surface area (Å²) in [5, 5.41) is 3.21. The lowest BCUT2D eigenvalue weighted by atomic mass is 9.88. The number of nitrogens with one attached hydrogen (secondary N) is 1. The number of amides is 1. The second-order valence-electron chi connectivity index (χ2n) is 8.17. The van der Waals surface area contributed by atoms with E-state index in [4.69, 9.17) is 14.5 Å². The zero-order valence-corrected chi connectivity index (χ0v) is 18.3. The van der Waals surface area contributed by atoms with E-state index in [0.29, 0.717) is 18.9 Å². The zero-order valence-electron chi connectivity index (χ0n) is 18.3. The Kier molecular flexibility index (Phi) is 6.75. The molecule has 0 bridgehead atoms. The van der Waals surface area contributed by atoms with E-state index in [1.807, 2.05) is 49.4 Å². The molecular formula is C25H31N3O3. The Balaban J connectivity index is 1.50. The van der Waals surface area contributed by atoms with Gasteiger partial charge in [-0.15, -0.1) is 0 Å². The van der Waals surface area contributed by atoms with Gasteiger partial charge in [0, 0.05) is 5.92 Å². The molecule has 31 heavy (non-hydrogen) atoms. The summed E-state index contributed by atoms with van der Waals surface area (Å²) in [5.41, 5.74) is 1.97. The van der Waals surface area contributed by atoms with Gasteiger partial charge in [0.1, 0.15) is 12.4 Å². The highest BCUT2D eigenvalue weighted by Crippen LogP contribution is 2.27. The molecule has 1 unspecified atom stereocenters. The fourth-order valence-corrected chi connectivity index (χ4v) is 4.41. The lowest BCUT2D eigenvalue weighted by molar-refractivity contribution is -0.126. The molecule has 1 N–H and O–H groups in total. The first-order chi connectivity index (χ1) is 15.2. The van der Waals surface area contributed by atoms with Crippen LogP contribution in [0.25, 0.3) is 11.0 Å². The van der Waals surface area contributed by atoms with Crippen molar-refractivity contribution in [2.45, 2.75) is 51.6 Å². The monoisotopic (exact) mass is 421 g/mol. The number of hydrogen-bond donors (Lipinski definition) is 1. The Hall–Kier alpha value is -3.02. The van der Waals surface area contributed by atoms with E-state index in [9.17, 15) is 4.79 Å². The molecule has 1 atom stereocenters. The average molecular weight is 422 g/mol. The lowest BCUT2D eigenvalue weighted by Gasteiger charge is -2.23. The van der Waals surface area contributed by atoms with E-state index < -0.39 is 0 Å². The molecule has 4 rings (SSSR count). The predicted molar refractivity (Wildman–Crippen MR) is 121 cm³/mol. The van der Waals surface area contributed by atoms with Gasteiger partial charge in [-0.2, -0.15) is 0 Å². The van der Waals surface area contributed by atoms with Gasteiger partial charge in [-0.25, -0.2) is 4.98 Å². The molecule has 0 radical (unpaired) electrons. The number of carbonyl (C=O) groups excluding carboxylic acids is 1. The Morgan fingerprint density at radius 2 is 1.81 bits per heavy atom. The fraction of sp³-hybridized carbons (Fsp3) is 0.440. The van der Waals surface area contributed by atoms with Gasteiger partial charge in [-0.05, 0) is 44.0 Å². The van der Waals surface area contributed by atoms with Crippen LogP contribution < -0.4 is 14.8 Å². The first-order valence-corrected chi connectivity index (χ1v) is 11.2. The van der Waals surface area contributed by atoms with Crippen molar-refractivity contribution < 1.29 is 14.3 Å². The van der Waals surface area contributed by atoms with Crippen LogP contribution in [0.5, 0.6) is 11.5 Å². The number of para-hydroxylation sites is 4. The molecule has 1 aliphatic carbocycles. The third-order valence-electron chi connectivity index (χ3n) is 6.05. The first kappa shape index (κ1) is 21.2. The maximum atomic E-state index is 12.8. The molecule has 1 fully saturated rings. The van der Waals surface area contributed by atoms with Crippen LogP contribution in [0, 0.1) is 5.92 Å². The summed E-state index contributed by atoms with van der Waals surface area (Å²) in [6, 6.07) is 15.5. The van der Waals surface area contributed by atoms with Gasteiger partial charge in [0.2, 0.25) is 5.91 Å². The number of rotatable bonds is 8. The topological polar surface area (TPSA) is 65.4 Å². The largest absolute Gasteiger partial charge is 0.493 e. The number of hydrogen-bond acceptors (Lipinski definition) is 4. The van der Waals surface area contributed by atoms with Crippen molar-refractivity contribution >= 4 is 16.9 Å². The molecule has 164 valence electrons. The zero-order chi connectivity index (χ0) is 21.6. The molecular weight excluding hydrogens is 390 g/mol. The summed E-state index contributed by atoms with van der Waals surface area (Å²) in [4.78, 5) is 17.6. The van der Waals surface area contributed by atoms with E-state index >= 15 is 0 Å². The maximum Gasteiger partial charge on any atom is 0.223 e. The number of imidazole rings is 1. The molecule has 0 saturated heterocycles. The number of fused-ring (bicyclic) bond motifs is 1. The highest BCUT2D eigenvalue weighted by atomic mass is 16.5. The van der Waals surface area contributed by atoms with Gasteiger partial charge in [0.15, 0.2) is 11.5 Å². The van der Waals surface area contributed by atoms with Crippen molar-refractivity contribution in [3.63, 3.8) is 0 Å². The number of carbonyl (C=O) groups is 1. The fourth-order valence-electron chi connectivity index (χ4n) is 4.41. The highest BCUT2D eigenvalue weighted by Gasteiger charge is 2.24. The quantitative estimate of drug-likeness (QED) is 0.563. The number of ether oxygens (including phenoxy) is 2. The first-order valence-electron chi connectivity index (χ1n) is 11.2. The second-order valence-corrected chi connectivity index (χ2v) is 8.17. The Labute approximate surface area is 183 Å². The minimum atomic E-state index is -0.173. The van der Waals surface area contributed by atoms with E-state index in [1.54, 1.807) is 7.11 Å². The smallest absolute Gasteiger partial charge is 0.223 e. The minimum Gasteiger partial charge on any atom is -0.493 e. The Bertz CT molecular complexity index is 1020. The summed E-state index contributed by atoms with van der Waals surface area (Å²) in [7, 11) is 1.64. The number of benzene rings is 2. The van der Waals surface area contributed by atoms with Gasteiger partial charge >= 0.3 is 0 Å². The molecule has 2 aromatic carbocycles. The second kappa shape index (κ2) is 9.86. The minimum absolute atomic E-state index is 0.128. The third-order valence-corrected chi connectivity index (χ3v) is 6.05. The van der Waals surface area contributed by atoms with Crippen LogP contribution in [0.3, 0.4) is 0 Å². The number of nitrogens with zero attached hydrogens (tertiary/aromatic N) is 2. The SMILES string of the molecule is COc1ccccc1OCCn1c(C(C)NC(=O)C2CCCCC2)nc2ccccc21. The van der Waals surface area contributed by atoms with Crippen LogP contribution in [0.4, 0.5) is 0 Å². The Morgan fingerprint density at radius 1 is 1.10 bits per heavy atom. The number of aromatic nitrogens is 2. The predicted octanol–water partition coefficient (Wildman–Crippen LogP) is 4.88. The van der Waals surface area contributed by atoms with Gasteiger partial charge in [-0.3, -0.25) is 4.79 Å². The summed E-state index contributed by atoms with van der Waals surface area (Å²) in [5.74, 6) is 2.56. The van der Waals surface area contributed by atoms with Crippen molar-refractivity contribution in [2.24, 2.45) is 5.92 Å². The Morgan fingerprint density at radius 3 is 2.58 bits per heavy atom. The molecule has 3 aromatic rings. The van der Waals surface area contributed by atoms with Crippen molar-refractivity contribution in [3.05, 3.63) is 54.4 Å². The van der Waals surface area contributed by atoms with Gasteiger partial charge in [-0.1, -0.05) is 43.5 Å². The molecule has 6 heteroatoms. The van der Waals surface area contributed by atoms with E-state index in [0.717, 1.165) is 48.3 Å². The summed E-state index contributed by atoms with van der Waals surface area (Å²) < 4.78 is 13.5. The molecule has 1 amide bonds. The molecule has 1 saturated carbocycles. The molecule has 1 aliphatic rings. The number of methoxy groups -OCH3 is 1. The molecule has 0 spiro atoms. The third kappa shape index (κ3) is 4.84. The van der Waals surface area contributed by atoms with Crippen molar-refractivity contribution in [1.82, 2.24) is 14.9 Å². The molecule has 0 aliphatic heterocycles. The molecule has 1 heterocycles. The van der Waals surface area contributed by atoms with Crippen LogP contribution in [0.1, 0.15) is 50.9 Å².